The minimum Gasteiger partial charge on any atom is -0.508 e. The number of carboxylic acid groups (broad SMARTS) is 2. The highest BCUT2D eigenvalue weighted by Crippen LogP contribution is 2.39. The van der Waals surface area contributed by atoms with Crippen LogP contribution in [-0.4, -0.2) is 247 Å². The number of carboxylic acids is 2. The molecule has 0 unspecified atom stereocenters. The number of aliphatic carboxylic acids is 2. The van der Waals surface area contributed by atoms with E-state index in [9.17, 15) is 62.2 Å². The predicted octanol–water partition coefficient (Wildman–Crippen LogP) is 14.5. The summed E-state index contributed by atoms with van der Waals surface area (Å²) >= 11 is 0. The molecule has 0 aliphatic carbocycles. The van der Waals surface area contributed by atoms with E-state index >= 15 is 8.78 Å². The molecule has 6 saturated heterocycles. The van der Waals surface area contributed by atoms with Crippen molar-refractivity contribution < 1.29 is 111 Å². The first-order valence-corrected chi connectivity index (χ1v) is 45.0. The van der Waals surface area contributed by atoms with E-state index in [-0.39, 0.29) is 109 Å². The summed E-state index contributed by atoms with van der Waals surface area (Å²) in [7, 11) is 0. The Morgan fingerprint density at radius 2 is 0.704 bits per heavy atom. The van der Waals surface area contributed by atoms with Crippen molar-refractivity contribution in [3.63, 3.8) is 0 Å². The van der Waals surface area contributed by atoms with Gasteiger partial charge in [-0.15, -0.1) is 37.6 Å². The van der Waals surface area contributed by atoms with Gasteiger partial charge in [0.15, 0.2) is 0 Å². The van der Waals surface area contributed by atoms with Crippen LogP contribution in [0.1, 0.15) is 210 Å². The van der Waals surface area contributed by atoms with Crippen molar-refractivity contribution in [1.82, 2.24) is 40.0 Å². The molecule has 6 aromatic carbocycles. The fourth-order valence-corrected chi connectivity index (χ4v) is 16.4. The Balaban J connectivity index is 0.000000286. The number of aryl methyl sites for hydroxylation is 3. The summed E-state index contributed by atoms with van der Waals surface area (Å²) in [6.45, 7) is 32.5. The number of phenolic OH excluding ortho intramolecular Hbond substituents is 1. The first kappa shape index (κ1) is 111. The fraction of sp³-hybridized carbons (Fsp3) is 0.515. The molecule has 7 N–H and O–H groups in total. The van der Waals surface area contributed by atoms with E-state index in [1.807, 2.05) is 91.8 Å². The highest BCUT2D eigenvalue weighted by molar-refractivity contribution is 5.89. The van der Waals surface area contributed by atoms with Gasteiger partial charge in [-0.3, -0.25) is 48.3 Å². The molecule has 738 valence electrons. The second-order valence-electron chi connectivity index (χ2n) is 38.5. The number of likely N-dealkylation sites (tertiary alicyclic amines) is 6. The number of terminal acetylenes is 1. The maximum atomic E-state index is 15.6. The molecule has 34 heteroatoms. The van der Waals surface area contributed by atoms with E-state index < -0.39 is 126 Å². The molecule has 0 bridgehead atoms. The third kappa shape index (κ3) is 36.0. The number of nitrogens with two attached hydrogens (primary N) is 1. The largest absolute Gasteiger partial charge is 0.508 e. The molecular weight excluding hydrogens is 1790 g/mol. The Morgan fingerprint density at radius 3 is 0.970 bits per heavy atom. The standard InChI is InChI=1S/C36H48FN3O7.C27H32FN3O5.C23H27FN2O2.C13H23NO6.C2H2.2ClH/c1-23-8-10-24(11-9-23)21-40-19-17-30(32(40)42)39-18-16-27(28(37)22-39)25-12-14-26(15-13-25)45-31(41)20-29(33(43)46-35(2,3)4)38-34(44)47-36(5,6)7;1-17-2-4-18(5-3-17)15-31-13-11-24(26(31)33)30-12-10-21(22(28)16-30)19-6-8-20(9-7-19)36-25(32)14-23(29)27(34)35;1-16-2-4-17(5-3-16)14-26-13-11-22(23(26)28)25-12-10-20(21(24)15-25)18-6-8-19(27)9-7-18;1-12(2,3)19-10(17)8(7-9(15)16)14-11(18)20-13(4,5)6;1-2;;/h8-15,27-30H,16-22H2,1-7H3,(H,38,44);2-9,21-24H,10-16,29H2,1H3,(H,34,35);2-9,20-22,27H,10-15H2,1H3;8H,7H2,1-6H3,(H,14,18)(H,15,16);1-2H;2*1H/t27-,28+,29-,30+;21-,22+,23-,24+;20-,21+,22+;8-;;;/m0000.../s1/i;;;;1D;;. The lowest BCUT2D eigenvalue weighted by molar-refractivity contribution is -0.160. The van der Waals surface area contributed by atoms with E-state index in [1.54, 1.807) is 156 Å². The number of phenols is 1. The maximum absolute atomic E-state index is 15.6. The molecular formula is C101H134Cl2F3N9O20. The predicted molar refractivity (Wildman–Crippen MR) is 508 cm³/mol. The Kier molecular flexibility index (Phi) is 41.8. The van der Waals surface area contributed by atoms with Gasteiger partial charge in [0, 0.05) is 76.7 Å². The third-order valence-corrected chi connectivity index (χ3v) is 22.9. The number of aromatic hydroxyl groups is 1. The zero-order valence-electron chi connectivity index (χ0n) is 80.7. The van der Waals surface area contributed by atoms with Crippen LogP contribution in [0, 0.1) is 33.6 Å². The van der Waals surface area contributed by atoms with E-state index in [4.69, 9.17) is 45.7 Å². The van der Waals surface area contributed by atoms with Crippen molar-refractivity contribution in [2.24, 2.45) is 5.73 Å². The number of nitrogens with zero attached hydrogens (tertiary/aromatic N) is 6. The Morgan fingerprint density at radius 1 is 0.430 bits per heavy atom. The van der Waals surface area contributed by atoms with E-state index in [0.29, 0.717) is 84.5 Å². The van der Waals surface area contributed by atoms with Gasteiger partial charge >= 0.3 is 48.0 Å². The first-order chi connectivity index (χ1) is 62.9. The van der Waals surface area contributed by atoms with E-state index in [1.165, 1.54) is 23.1 Å². The van der Waals surface area contributed by atoms with Gasteiger partial charge in [-0.1, -0.05) is 126 Å². The van der Waals surface area contributed by atoms with E-state index in [0.717, 1.165) is 52.9 Å². The number of ether oxygens (including phenoxy) is 6. The van der Waals surface area contributed by atoms with Gasteiger partial charge in [-0.25, -0.2) is 32.3 Å². The van der Waals surface area contributed by atoms with Gasteiger partial charge in [0.25, 0.3) is 0 Å². The number of halogens is 5. The van der Waals surface area contributed by atoms with Gasteiger partial charge in [0.2, 0.25) is 17.7 Å². The van der Waals surface area contributed by atoms with Gasteiger partial charge in [0.05, 0.1) is 37.4 Å². The molecule has 0 aromatic heterocycles. The zero-order chi connectivity index (χ0) is 98.9. The molecule has 6 aliphatic heterocycles. The average molecular weight is 1920 g/mol. The van der Waals surface area contributed by atoms with Crippen molar-refractivity contribution in [3.05, 3.63) is 196 Å². The number of alkyl halides is 3. The molecule has 0 saturated carbocycles. The van der Waals surface area contributed by atoms with Crippen LogP contribution in [0.2, 0.25) is 0 Å². The Bertz CT molecular complexity index is 5000. The van der Waals surface area contributed by atoms with Crippen LogP contribution in [-0.2, 0) is 81.7 Å². The Labute approximate surface area is 803 Å². The number of amides is 5. The lowest BCUT2D eigenvalue weighted by Gasteiger charge is -2.37. The smallest absolute Gasteiger partial charge is 0.408 e. The van der Waals surface area contributed by atoms with Crippen molar-refractivity contribution in [3.8, 4) is 30.1 Å². The molecule has 6 aromatic rings. The molecule has 5 amide bonds. The topological polar surface area (TPSA) is 373 Å². The number of alkyl carbamates (subject to hydrolysis) is 2. The van der Waals surface area contributed by atoms with Crippen LogP contribution in [0.25, 0.3) is 0 Å². The van der Waals surface area contributed by atoms with Crippen LogP contribution < -0.4 is 25.8 Å². The van der Waals surface area contributed by atoms with Crippen molar-refractivity contribution >= 4 is 90.5 Å². The van der Waals surface area contributed by atoms with Crippen molar-refractivity contribution in [2.75, 3.05) is 58.9 Å². The van der Waals surface area contributed by atoms with Crippen LogP contribution in [0.4, 0.5) is 22.8 Å². The second kappa shape index (κ2) is 51.0. The fourth-order valence-electron chi connectivity index (χ4n) is 16.4. The number of benzene rings is 6. The number of piperidine rings is 3. The SMILES string of the molecule is CC(C)(C)OC(=O)N[C@@H](CC(=O)O)C(=O)OC(C)(C)C.Cc1ccc(CN2CC[C@@H](N3CC[C@@H](c4ccc(O)cc4)[C@H](F)C3)C2=O)cc1.Cc1ccc(CN2CC[C@@H](N3CC[C@@H](c4ccc(OC(=O)C[C@H](N)C(=O)O)cc4)[C@H](F)C3)C2=O)cc1.Cc1ccc(CN2CC[C@@H](N3CC[C@@H](c4ccc(OC(=O)C[C@H](NC(=O)OC(C)(C)C)C(=O)OC(C)(C)C)cc4)[C@H](F)C3)C2=O)cc1.Cl.Cl.[2H]C#C. The molecule has 12 atom stereocenters. The van der Waals surface area contributed by atoms with Gasteiger partial charge in [-0.2, -0.15) is 0 Å². The second-order valence-corrected chi connectivity index (χ2v) is 38.5. The number of nitrogens with one attached hydrogen (secondary N) is 2. The molecule has 12 rings (SSSR count). The molecule has 0 radical (unpaired) electrons. The van der Waals surface area contributed by atoms with Crippen LogP contribution in [0.3, 0.4) is 0 Å². The van der Waals surface area contributed by atoms with Crippen molar-refractivity contribution in [2.45, 2.75) is 276 Å². The third-order valence-electron chi connectivity index (χ3n) is 22.9. The van der Waals surface area contributed by atoms with Crippen LogP contribution in [0.15, 0.2) is 146 Å². The number of esters is 4. The summed E-state index contributed by atoms with van der Waals surface area (Å²) in [6, 6.07) is 39.8. The van der Waals surface area contributed by atoms with Gasteiger partial charge in [-0.05, 0) is 232 Å². The summed E-state index contributed by atoms with van der Waals surface area (Å²) in [5.41, 5.74) is 11.5. The van der Waals surface area contributed by atoms with Crippen molar-refractivity contribution in [1.29, 1.82) is 0 Å². The van der Waals surface area contributed by atoms with E-state index in [2.05, 4.69) is 48.2 Å². The summed E-state index contributed by atoms with van der Waals surface area (Å²) in [5.74, 6) is -5.56. The molecule has 6 aliphatic rings. The number of hydrogen-bond acceptors (Lipinski definition) is 22. The Hall–Kier alpha value is -11.3. The highest BCUT2D eigenvalue weighted by Gasteiger charge is 2.45. The number of carbonyl (C=O) groups is 11. The number of rotatable bonds is 25. The maximum Gasteiger partial charge on any atom is 0.408 e. The lowest BCUT2D eigenvalue weighted by Crippen LogP contribution is -2.49. The van der Waals surface area contributed by atoms with Crippen LogP contribution in [0.5, 0.6) is 17.2 Å². The number of hydrogen-bond donors (Lipinski definition) is 6. The molecule has 29 nitrogen and oxygen atoms in total. The number of carbonyl (C=O) groups excluding carboxylic acids is 9. The monoisotopic (exact) mass is 1920 g/mol. The summed E-state index contributed by atoms with van der Waals surface area (Å²) < 4.78 is 82.7. The van der Waals surface area contributed by atoms with Gasteiger partial charge < -0.3 is 74.8 Å². The minimum atomic E-state index is -1.32. The summed E-state index contributed by atoms with van der Waals surface area (Å²) in [5, 5.41) is 31.6. The average Bonchev–Trinajstić information content (AvgIpc) is 1.60. The minimum absolute atomic E-state index is 0. The normalized spacial score (nSPS) is 21.1. The molecule has 6 heterocycles. The van der Waals surface area contributed by atoms with Gasteiger partial charge in [0.1, 0.15) is 77.7 Å². The highest BCUT2D eigenvalue weighted by atomic mass is 35.5. The summed E-state index contributed by atoms with van der Waals surface area (Å²) in [4.78, 5) is 145. The zero-order valence-corrected chi connectivity index (χ0v) is 81.3. The molecule has 6 fully saturated rings. The summed E-state index contributed by atoms with van der Waals surface area (Å²) in [6.07, 6.45) is 3.21. The van der Waals surface area contributed by atoms with Crippen LogP contribution >= 0.6 is 24.8 Å². The quantitative estimate of drug-likeness (QED) is 0.0134. The molecule has 0 spiro atoms. The lowest BCUT2D eigenvalue weighted by atomic mass is 9.87. The molecule has 135 heavy (non-hydrogen) atoms. The first-order valence-electron chi connectivity index (χ1n) is 45.5.